The van der Waals surface area contributed by atoms with Gasteiger partial charge in [-0.3, -0.25) is 0 Å². The molecule has 4 heteroatoms. The molecule has 0 spiro atoms. The minimum absolute atomic E-state index is 0.0688. The lowest BCUT2D eigenvalue weighted by molar-refractivity contribution is 0.302. The van der Waals surface area contributed by atoms with E-state index in [1.807, 2.05) is 36.4 Å². The highest BCUT2D eigenvalue weighted by Gasteiger charge is 2.12. The number of aromatic hydroxyl groups is 1. The third kappa shape index (κ3) is 8.89. The molecular weight excluding hydrogens is 374 g/mol. The van der Waals surface area contributed by atoms with E-state index in [4.69, 9.17) is 4.74 Å². The normalized spacial score (nSPS) is 11.6. The van der Waals surface area contributed by atoms with Crippen LogP contribution in [0.15, 0.2) is 53.7 Å². The van der Waals surface area contributed by atoms with Crippen molar-refractivity contribution in [2.45, 2.75) is 77.6 Å². The molecule has 0 amide bonds. The van der Waals surface area contributed by atoms with Crippen LogP contribution in [0.25, 0.3) is 0 Å². The lowest BCUT2D eigenvalue weighted by Crippen LogP contribution is -2.06. The summed E-state index contributed by atoms with van der Waals surface area (Å²) in [4.78, 5) is 0. The van der Waals surface area contributed by atoms with Gasteiger partial charge >= 0.3 is 0 Å². The van der Waals surface area contributed by atoms with Gasteiger partial charge in [0, 0.05) is 18.1 Å². The number of rotatable bonds is 15. The lowest BCUT2D eigenvalue weighted by atomic mass is 10.0. The number of hydrogen-bond donors (Lipinski definition) is 2. The van der Waals surface area contributed by atoms with E-state index < -0.39 is 0 Å². The van der Waals surface area contributed by atoms with Crippen molar-refractivity contribution in [3.63, 3.8) is 0 Å². The van der Waals surface area contributed by atoms with Gasteiger partial charge in [0.25, 0.3) is 0 Å². The van der Waals surface area contributed by atoms with Crippen LogP contribution in [0.4, 0.5) is 0 Å². The maximum absolute atomic E-state index is 10.4. The minimum Gasteiger partial charge on any atom is -0.507 e. The Morgan fingerprint density at radius 1 is 0.833 bits per heavy atom. The standard InChI is InChI=1S/C26H37NO3/c1-2-3-4-5-6-7-8-9-10-14-19-30-23-17-18-24(26(28)21-23)25(27-29)20-22-15-12-11-13-16-22/h11-13,15-18,21,28-29H,2-10,14,19-20H2,1H3/b27-25+. The fourth-order valence-corrected chi connectivity index (χ4v) is 3.60. The average Bonchev–Trinajstić information content (AvgIpc) is 2.77. The zero-order chi connectivity index (χ0) is 21.4. The smallest absolute Gasteiger partial charge is 0.128 e. The summed E-state index contributed by atoms with van der Waals surface area (Å²) in [5.74, 6) is 0.712. The van der Waals surface area contributed by atoms with Crippen LogP contribution in [0.5, 0.6) is 11.5 Å². The summed E-state index contributed by atoms with van der Waals surface area (Å²) in [5.41, 5.74) is 1.97. The quantitative estimate of drug-likeness (QED) is 0.142. The molecule has 2 rings (SSSR count). The molecule has 0 saturated heterocycles. The van der Waals surface area contributed by atoms with Crippen LogP contribution >= 0.6 is 0 Å². The average molecular weight is 412 g/mol. The SMILES string of the molecule is CCCCCCCCCCCCOc1ccc(/C(Cc2ccccc2)=N/O)c(O)c1. The summed E-state index contributed by atoms with van der Waals surface area (Å²) >= 11 is 0. The number of ether oxygens (including phenoxy) is 1. The summed E-state index contributed by atoms with van der Waals surface area (Å²) in [5, 5.41) is 23.2. The Bertz CT molecular complexity index is 743. The van der Waals surface area contributed by atoms with Gasteiger partial charge in [-0.2, -0.15) is 0 Å². The van der Waals surface area contributed by atoms with E-state index in [0.717, 1.165) is 12.0 Å². The molecule has 0 aromatic heterocycles. The van der Waals surface area contributed by atoms with Gasteiger partial charge in [-0.1, -0.05) is 100 Å². The number of oxime groups is 1. The van der Waals surface area contributed by atoms with Gasteiger partial charge in [-0.05, 0) is 24.1 Å². The largest absolute Gasteiger partial charge is 0.507 e. The molecular formula is C26H37NO3. The molecule has 30 heavy (non-hydrogen) atoms. The molecule has 2 aromatic carbocycles. The molecule has 0 radical (unpaired) electrons. The maximum atomic E-state index is 10.4. The van der Waals surface area contributed by atoms with Crippen LogP contribution in [0, 0.1) is 0 Å². The zero-order valence-corrected chi connectivity index (χ0v) is 18.4. The number of hydrogen-bond acceptors (Lipinski definition) is 4. The predicted octanol–water partition coefficient (Wildman–Crippen LogP) is 7.11. The van der Waals surface area contributed by atoms with Crippen LogP contribution in [0.1, 0.15) is 82.3 Å². The number of phenols is 1. The zero-order valence-electron chi connectivity index (χ0n) is 18.4. The Hall–Kier alpha value is -2.49. The summed E-state index contributed by atoms with van der Waals surface area (Å²) in [6.45, 7) is 2.91. The summed E-state index contributed by atoms with van der Waals surface area (Å²) in [6.07, 6.45) is 13.4. The molecule has 0 bridgehead atoms. The van der Waals surface area contributed by atoms with Crippen molar-refractivity contribution in [1.29, 1.82) is 0 Å². The third-order valence-electron chi connectivity index (χ3n) is 5.38. The van der Waals surface area contributed by atoms with Crippen LogP contribution in [0.2, 0.25) is 0 Å². The first-order valence-electron chi connectivity index (χ1n) is 11.5. The molecule has 2 N–H and O–H groups in total. The van der Waals surface area contributed by atoms with Crippen molar-refractivity contribution >= 4 is 5.71 Å². The van der Waals surface area contributed by atoms with Crippen LogP contribution in [-0.4, -0.2) is 22.6 Å². The molecule has 4 nitrogen and oxygen atoms in total. The van der Waals surface area contributed by atoms with Crippen molar-refractivity contribution in [2.75, 3.05) is 6.61 Å². The van der Waals surface area contributed by atoms with E-state index in [-0.39, 0.29) is 5.75 Å². The van der Waals surface area contributed by atoms with Gasteiger partial charge in [-0.15, -0.1) is 0 Å². The first-order valence-corrected chi connectivity index (χ1v) is 11.5. The Kier molecular flexibility index (Phi) is 11.5. The molecule has 0 atom stereocenters. The Morgan fingerprint density at radius 2 is 1.47 bits per heavy atom. The molecule has 0 aliphatic heterocycles. The van der Waals surface area contributed by atoms with E-state index in [1.54, 1.807) is 12.1 Å². The highest BCUT2D eigenvalue weighted by atomic mass is 16.5. The van der Waals surface area contributed by atoms with Crippen molar-refractivity contribution < 1.29 is 15.1 Å². The van der Waals surface area contributed by atoms with Gasteiger partial charge in [-0.25, -0.2) is 0 Å². The summed E-state index contributed by atoms with van der Waals surface area (Å²) < 4.78 is 5.78. The summed E-state index contributed by atoms with van der Waals surface area (Å²) in [6, 6.07) is 14.9. The second-order valence-corrected chi connectivity index (χ2v) is 7.92. The van der Waals surface area contributed by atoms with Gasteiger partial charge in [0.1, 0.15) is 11.5 Å². The molecule has 0 heterocycles. The molecule has 0 aliphatic rings. The van der Waals surface area contributed by atoms with E-state index in [2.05, 4.69) is 12.1 Å². The van der Waals surface area contributed by atoms with Crippen molar-refractivity contribution in [1.82, 2.24) is 0 Å². The number of benzene rings is 2. The molecule has 2 aromatic rings. The Balaban J connectivity index is 1.67. The third-order valence-corrected chi connectivity index (χ3v) is 5.38. The van der Waals surface area contributed by atoms with Gasteiger partial charge in [0.2, 0.25) is 0 Å². The lowest BCUT2D eigenvalue weighted by Gasteiger charge is -2.11. The minimum atomic E-state index is 0.0688. The highest BCUT2D eigenvalue weighted by Crippen LogP contribution is 2.25. The Morgan fingerprint density at radius 3 is 2.07 bits per heavy atom. The fraction of sp³-hybridized carbons (Fsp3) is 0.500. The molecule has 0 aliphatic carbocycles. The monoisotopic (exact) mass is 411 g/mol. The number of nitrogens with zero attached hydrogens (tertiary/aromatic N) is 1. The van der Waals surface area contributed by atoms with Crippen molar-refractivity contribution in [2.24, 2.45) is 5.16 Å². The Labute approximate surface area is 181 Å². The van der Waals surface area contributed by atoms with Crippen molar-refractivity contribution in [3.05, 3.63) is 59.7 Å². The van der Waals surface area contributed by atoms with Gasteiger partial charge in [0.05, 0.1) is 12.3 Å². The van der Waals surface area contributed by atoms with E-state index in [1.165, 1.54) is 57.8 Å². The number of unbranched alkanes of at least 4 members (excludes halogenated alkanes) is 9. The summed E-state index contributed by atoms with van der Waals surface area (Å²) in [7, 11) is 0. The first-order chi connectivity index (χ1) is 14.7. The van der Waals surface area contributed by atoms with Gasteiger partial charge < -0.3 is 15.1 Å². The van der Waals surface area contributed by atoms with E-state index in [0.29, 0.717) is 30.1 Å². The van der Waals surface area contributed by atoms with Gasteiger partial charge in [0.15, 0.2) is 0 Å². The molecule has 0 saturated carbocycles. The fourth-order valence-electron chi connectivity index (χ4n) is 3.60. The predicted molar refractivity (Wildman–Crippen MR) is 124 cm³/mol. The van der Waals surface area contributed by atoms with Crippen LogP contribution in [0.3, 0.4) is 0 Å². The van der Waals surface area contributed by atoms with Crippen LogP contribution in [-0.2, 0) is 6.42 Å². The topological polar surface area (TPSA) is 62.0 Å². The highest BCUT2D eigenvalue weighted by molar-refractivity contribution is 6.03. The van der Waals surface area contributed by atoms with E-state index in [9.17, 15) is 10.3 Å². The molecule has 0 fully saturated rings. The second kappa shape index (κ2) is 14.5. The van der Waals surface area contributed by atoms with Crippen molar-refractivity contribution in [3.8, 4) is 11.5 Å². The number of phenolic OH excluding ortho intramolecular Hbond substituents is 1. The van der Waals surface area contributed by atoms with E-state index >= 15 is 0 Å². The maximum Gasteiger partial charge on any atom is 0.128 e. The second-order valence-electron chi connectivity index (χ2n) is 7.92. The molecule has 0 unspecified atom stereocenters. The molecule has 164 valence electrons. The first kappa shape index (κ1) is 23.8. The van der Waals surface area contributed by atoms with Crippen LogP contribution < -0.4 is 4.74 Å².